The van der Waals surface area contributed by atoms with Gasteiger partial charge in [0.05, 0.1) is 0 Å². The molecule has 0 aromatic heterocycles. The zero-order valence-electron chi connectivity index (χ0n) is 16.6. The first-order valence-electron chi connectivity index (χ1n) is 9.87. The van der Waals surface area contributed by atoms with E-state index in [2.05, 4.69) is 111 Å². The van der Waals surface area contributed by atoms with Crippen LogP contribution < -0.4 is 0 Å². The van der Waals surface area contributed by atoms with E-state index in [-0.39, 0.29) is 5.41 Å². The highest BCUT2D eigenvalue weighted by molar-refractivity contribution is 8.02. The number of fused-ring (bicyclic) bond motifs is 3. The highest BCUT2D eigenvalue weighted by atomic mass is 32.2. The van der Waals surface area contributed by atoms with Crippen molar-refractivity contribution < 1.29 is 0 Å². The van der Waals surface area contributed by atoms with Gasteiger partial charge < -0.3 is 0 Å². The molecule has 1 aliphatic carbocycles. The minimum absolute atomic E-state index is 0.0217. The fourth-order valence-electron chi connectivity index (χ4n) is 4.10. The molecule has 1 aliphatic rings. The topological polar surface area (TPSA) is 0 Å². The number of rotatable bonds is 4. The van der Waals surface area contributed by atoms with Crippen LogP contribution in [0, 0.1) is 0 Å². The van der Waals surface area contributed by atoms with E-state index in [1.54, 1.807) is 0 Å². The van der Waals surface area contributed by atoms with Gasteiger partial charge in [0.15, 0.2) is 0 Å². The van der Waals surface area contributed by atoms with Crippen molar-refractivity contribution in [2.45, 2.75) is 38.8 Å². The lowest BCUT2D eigenvalue weighted by atomic mass is 9.82. The summed E-state index contributed by atoms with van der Waals surface area (Å²) < 4.78 is 0. The summed E-state index contributed by atoms with van der Waals surface area (Å²) in [6, 6.07) is 35.0. The molecule has 0 saturated heterocycles. The standard InChI is InChI=1S/C27H22S2/c1-27(2)23-16-10-9-15-21(23)22-17-25(28-19-11-5-3-6-12-19)26(18-24(22)27)29-20-13-7-4-8-14-20/h3-18H,1-2H3. The second-order valence-electron chi connectivity index (χ2n) is 7.85. The molecule has 0 amide bonds. The van der Waals surface area contributed by atoms with E-state index in [1.807, 2.05) is 23.5 Å². The second-order valence-corrected chi connectivity index (χ2v) is 10.1. The molecule has 29 heavy (non-hydrogen) atoms. The van der Waals surface area contributed by atoms with Gasteiger partial charge in [0, 0.05) is 25.0 Å². The van der Waals surface area contributed by atoms with E-state index in [9.17, 15) is 0 Å². The van der Waals surface area contributed by atoms with Crippen LogP contribution in [0.25, 0.3) is 11.1 Å². The van der Waals surface area contributed by atoms with Gasteiger partial charge in [-0.05, 0) is 58.7 Å². The predicted molar refractivity (Wildman–Crippen MR) is 125 cm³/mol. The second kappa shape index (κ2) is 7.44. The van der Waals surface area contributed by atoms with Crippen LogP contribution in [0.3, 0.4) is 0 Å². The Balaban J connectivity index is 1.67. The monoisotopic (exact) mass is 410 g/mol. The van der Waals surface area contributed by atoms with E-state index in [0.717, 1.165) is 0 Å². The molecule has 5 rings (SSSR count). The summed E-state index contributed by atoms with van der Waals surface area (Å²) in [5, 5.41) is 0. The summed E-state index contributed by atoms with van der Waals surface area (Å²) in [6.45, 7) is 4.69. The van der Waals surface area contributed by atoms with E-state index < -0.39 is 0 Å². The molecular weight excluding hydrogens is 388 g/mol. The lowest BCUT2D eigenvalue weighted by Crippen LogP contribution is -2.15. The molecule has 0 atom stereocenters. The number of benzene rings is 4. The van der Waals surface area contributed by atoms with Crippen LogP contribution in [0.5, 0.6) is 0 Å². The van der Waals surface area contributed by atoms with Crippen LogP contribution in [-0.2, 0) is 5.41 Å². The molecule has 0 nitrogen and oxygen atoms in total. The first-order chi connectivity index (χ1) is 14.1. The zero-order valence-corrected chi connectivity index (χ0v) is 18.2. The van der Waals surface area contributed by atoms with Crippen molar-refractivity contribution in [3.8, 4) is 11.1 Å². The van der Waals surface area contributed by atoms with Gasteiger partial charge in [-0.15, -0.1) is 0 Å². The van der Waals surface area contributed by atoms with Crippen LogP contribution in [0.15, 0.2) is 117 Å². The highest BCUT2D eigenvalue weighted by Crippen LogP contribution is 2.52. The molecular formula is C27H22S2. The number of hydrogen-bond acceptors (Lipinski definition) is 2. The lowest BCUT2D eigenvalue weighted by Gasteiger charge is -2.22. The minimum atomic E-state index is 0.0217. The van der Waals surface area contributed by atoms with E-state index in [4.69, 9.17) is 0 Å². The molecule has 0 unspecified atom stereocenters. The summed E-state index contributed by atoms with van der Waals surface area (Å²) in [5.41, 5.74) is 5.62. The molecule has 0 fully saturated rings. The molecule has 0 heterocycles. The maximum Gasteiger partial charge on any atom is 0.0268 e. The van der Waals surface area contributed by atoms with Crippen molar-refractivity contribution in [2.75, 3.05) is 0 Å². The largest absolute Gasteiger partial charge is 0.0889 e. The van der Waals surface area contributed by atoms with Crippen molar-refractivity contribution >= 4 is 23.5 Å². The van der Waals surface area contributed by atoms with Crippen molar-refractivity contribution in [3.63, 3.8) is 0 Å². The smallest absolute Gasteiger partial charge is 0.0268 e. The van der Waals surface area contributed by atoms with Crippen LogP contribution in [0.4, 0.5) is 0 Å². The lowest BCUT2D eigenvalue weighted by molar-refractivity contribution is 0.657. The Kier molecular flexibility index (Phi) is 4.77. The zero-order chi connectivity index (χ0) is 19.8. The molecule has 4 aromatic carbocycles. The van der Waals surface area contributed by atoms with Crippen molar-refractivity contribution in [2.24, 2.45) is 0 Å². The molecule has 0 aliphatic heterocycles. The van der Waals surface area contributed by atoms with Gasteiger partial charge in [-0.25, -0.2) is 0 Å². The molecule has 0 N–H and O–H groups in total. The van der Waals surface area contributed by atoms with Crippen LogP contribution in [-0.4, -0.2) is 0 Å². The van der Waals surface area contributed by atoms with Crippen LogP contribution >= 0.6 is 23.5 Å². The van der Waals surface area contributed by atoms with Gasteiger partial charge >= 0.3 is 0 Å². The summed E-state index contributed by atoms with van der Waals surface area (Å²) in [5.74, 6) is 0. The first kappa shape index (κ1) is 18.6. The summed E-state index contributed by atoms with van der Waals surface area (Å²) in [4.78, 5) is 5.18. The van der Waals surface area contributed by atoms with Crippen molar-refractivity contribution in [3.05, 3.63) is 108 Å². The third-order valence-corrected chi connectivity index (χ3v) is 7.85. The molecule has 0 bridgehead atoms. The maximum absolute atomic E-state index is 2.43. The average molecular weight is 411 g/mol. The third kappa shape index (κ3) is 3.41. The van der Waals surface area contributed by atoms with Crippen molar-refractivity contribution in [1.82, 2.24) is 0 Å². The quantitative estimate of drug-likeness (QED) is 0.332. The van der Waals surface area contributed by atoms with Gasteiger partial charge in [-0.1, -0.05) is 98.0 Å². The van der Waals surface area contributed by atoms with E-state index >= 15 is 0 Å². The Morgan fingerprint density at radius 1 is 0.517 bits per heavy atom. The molecule has 0 radical (unpaired) electrons. The molecule has 2 heteroatoms. The Bertz CT molecular complexity index is 1160. The number of hydrogen-bond donors (Lipinski definition) is 0. The predicted octanol–water partition coefficient (Wildman–Crippen LogP) is 8.30. The SMILES string of the molecule is CC1(C)c2ccccc2-c2cc(Sc3ccccc3)c(Sc3ccccc3)cc21. The average Bonchev–Trinajstić information content (AvgIpc) is 2.97. The maximum atomic E-state index is 2.43. The van der Waals surface area contributed by atoms with E-state index in [1.165, 1.54) is 41.8 Å². The Morgan fingerprint density at radius 3 is 1.66 bits per heavy atom. The minimum Gasteiger partial charge on any atom is -0.0889 e. The Hall–Kier alpha value is -2.42. The summed E-state index contributed by atoms with van der Waals surface area (Å²) >= 11 is 3.71. The first-order valence-corrected chi connectivity index (χ1v) is 11.5. The molecule has 0 saturated carbocycles. The van der Waals surface area contributed by atoms with Gasteiger partial charge in [-0.2, -0.15) is 0 Å². The summed E-state index contributed by atoms with van der Waals surface area (Å²) in [7, 11) is 0. The van der Waals surface area contributed by atoms with Crippen LogP contribution in [0.1, 0.15) is 25.0 Å². The Morgan fingerprint density at radius 2 is 1.03 bits per heavy atom. The fourth-order valence-corrected chi connectivity index (χ4v) is 6.12. The molecule has 4 aromatic rings. The molecule has 142 valence electrons. The fraction of sp³-hybridized carbons (Fsp3) is 0.111. The van der Waals surface area contributed by atoms with E-state index in [0.29, 0.717) is 0 Å². The summed E-state index contributed by atoms with van der Waals surface area (Å²) in [6.07, 6.45) is 0. The normalized spacial score (nSPS) is 13.7. The van der Waals surface area contributed by atoms with Crippen LogP contribution in [0.2, 0.25) is 0 Å². The van der Waals surface area contributed by atoms with Gasteiger partial charge in [-0.3, -0.25) is 0 Å². The Labute approximate surface area is 181 Å². The third-order valence-electron chi connectivity index (χ3n) is 5.59. The highest BCUT2D eigenvalue weighted by Gasteiger charge is 2.36. The molecule has 0 spiro atoms. The van der Waals surface area contributed by atoms with Crippen molar-refractivity contribution in [1.29, 1.82) is 0 Å². The van der Waals surface area contributed by atoms with Gasteiger partial charge in [0.1, 0.15) is 0 Å². The van der Waals surface area contributed by atoms with Gasteiger partial charge in [0.25, 0.3) is 0 Å². The van der Waals surface area contributed by atoms with Gasteiger partial charge in [0.2, 0.25) is 0 Å².